The Hall–Kier alpha value is -1.61. The minimum atomic E-state index is -2.98. The summed E-state index contributed by atoms with van der Waals surface area (Å²) in [6, 6.07) is 2.27. The van der Waals surface area contributed by atoms with Gasteiger partial charge < -0.3 is 9.13 Å². The summed E-state index contributed by atoms with van der Waals surface area (Å²) in [4.78, 5) is 13.0. The molecule has 7 nitrogen and oxygen atoms in total. The number of carbonyl (C=O) groups is 1. The fourth-order valence-electron chi connectivity index (χ4n) is 5.02. The number of rotatable bonds is 6. The molecule has 1 atom stereocenters. The fraction of sp³-hybridized carbons (Fsp3) is 0.667. The smallest absolute Gasteiger partial charge is 0.191 e. The van der Waals surface area contributed by atoms with Crippen LogP contribution in [0.1, 0.15) is 78.2 Å². The molecule has 0 spiro atoms. The van der Waals surface area contributed by atoms with Crippen LogP contribution in [-0.2, 0) is 9.84 Å². The molecule has 0 aromatic carbocycles. The highest BCUT2D eigenvalue weighted by molar-refractivity contribution is 7.99. The highest BCUT2D eigenvalue weighted by Gasteiger charge is 2.32. The van der Waals surface area contributed by atoms with Gasteiger partial charge in [-0.25, -0.2) is 8.42 Å². The Bertz CT molecular complexity index is 1050. The zero-order valence-electron chi connectivity index (χ0n) is 17.9. The Balaban J connectivity index is 1.49. The van der Waals surface area contributed by atoms with Gasteiger partial charge in [0, 0.05) is 29.0 Å². The van der Waals surface area contributed by atoms with Gasteiger partial charge in [-0.05, 0) is 46.1 Å². The van der Waals surface area contributed by atoms with Crippen LogP contribution in [-0.4, -0.2) is 50.8 Å². The van der Waals surface area contributed by atoms with Crippen LogP contribution in [0.4, 0.5) is 0 Å². The average molecular weight is 451 g/mol. The van der Waals surface area contributed by atoms with Gasteiger partial charge in [-0.1, -0.05) is 31.0 Å². The number of ketones is 1. The first-order chi connectivity index (χ1) is 14.3. The average Bonchev–Trinajstić information content (AvgIpc) is 3.35. The van der Waals surface area contributed by atoms with E-state index in [1.165, 1.54) is 31.0 Å². The number of hydrogen-bond donors (Lipinski definition) is 0. The van der Waals surface area contributed by atoms with E-state index >= 15 is 0 Å². The molecule has 4 rings (SSSR count). The summed E-state index contributed by atoms with van der Waals surface area (Å²) < 4.78 is 28.1. The van der Waals surface area contributed by atoms with Crippen molar-refractivity contribution in [1.82, 2.24) is 19.3 Å². The van der Waals surface area contributed by atoms with Gasteiger partial charge in [-0.3, -0.25) is 4.79 Å². The normalized spacial score (nSPS) is 21.9. The van der Waals surface area contributed by atoms with E-state index in [9.17, 15) is 13.2 Å². The van der Waals surface area contributed by atoms with Crippen LogP contribution in [0.25, 0.3) is 0 Å². The number of carbonyl (C=O) groups excluding carboxylic acids is 1. The first kappa shape index (κ1) is 21.6. The van der Waals surface area contributed by atoms with Crippen LogP contribution in [0.2, 0.25) is 0 Å². The second kappa shape index (κ2) is 8.49. The van der Waals surface area contributed by atoms with E-state index < -0.39 is 9.84 Å². The van der Waals surface area contributed by atoms with Crippen LogP contribution >= 0.6 is 11.8 Å². The number of hydrogen-bond acceptors (Lipinski definition) is 6. The van der Waals surface area contributed by atoms with E-state index in [0.29, 0.717) is 23.8 Å². The lowest BCUT2D eigenvalue weighted by atomic mass is 9.95. The Morgan fingerprint density at radius 3 is 2.47 bits per heavy atom. The molecular weight excluding hydrogens is 420 g/mol. The topological polar surface area (TPSA) is 86.8 Å². The zero-order chi connectivity index (χ0) is 21.5. The van der Waals surface area contributed by atoms with Crippen molar-refractivity contribution in [3.63, 3.8) is 0 Å². The van der Waals surface area contributed by atoms with E-state index in [1.54, 1.807) is 0 Å². The van der Waals surface area contributed by atoms with E-state index in [-0.39, 0.29) is 23.3 Å². The molecule has 2 aromatic heterocycles. The number of nitrogens with zero attached hydrogens (tertiary/aromatic N) is 4. The monoisotopic (exact) mass is 450 g/mol. The second-order valence-corrected chi connectivity index (χ2v) is 11.8. The van der Waals surface area contributed by atoms with Crippen molar-refractivity contribution in [3.05, 3.63) is 28.8 Å². The van der Waals surface area contributed by atoms with Crippen molar-refractivity contribution < 1.29 is 13.2 Å². The van der Waals surface area contributed by atoms with E-state index in [0.717, 1.165) is 35.2 Å². The van der Waals surface area contributed by atoms with Gasteiger partial charge in [0.25, 0.3) is 0 Å². The predicted octanol–water partition coefficient (Wildman–Crippen LogP) is 3.84. The minimum Gasteiger partial charge on any atom is -0.344 e. The lowest BCUT2D eigenvalue weighted by molar-refractivity contribution is 0.102. The third-order valence-corrected chi connectivity index (χ3v) is 9.16. The van der Waals surface area contributed by atoms with Crippen molar-refractivity contribution >= 4 is 27.4 Å². The number of thioether (sulfide) groups is 1. The fourth-order valence-corrected chi connectivity index (χ4v) is 7.65. The van der Waals surface area contributed by atoms with E-state index in [2.05, 4.69) is 14.8 Å². The van der Waals surface area contributed by atoms with Crippen LogP contribution in [0.3, 0.4) is 0 Å². The minimum absolute atomic E-state index is 0.0519. The maximum absolute atomic E-state index is 13.0. The van der Waals surface area contributed by atoms with Crippen molar-refractivity contribution in [2.75, 3.05) is 17.3 Å². The molecule has 1 saturated heterocycles. The van der Waals surface area contributed by atoms with Gasteiger partial charge >= 0.3 is 0 Å². The lowest BCUT2D eigenvalue weighted by Gasteiger charge is -2.24. The van der Waals surface area contributed by atoms with Gasteiger partial charge in [0.1, 0.15) is 5.82 Å². The van der Waals surface area contributed by atoms with Crippen LogP contribution in [0.5, 0.6) is 0 Å². The molecule has 2 aliphatic rings. The van der Waals surface area contributed by atoms with Crippen LogP contribution in [0, 0.1) is 20.8 Å². The van der Waals surface area contributed by atoms with Gasteiger partial charge in [0.05, 0.1) is 17.3 Å². The van der Waals surface area contributed by atoms with Crippen molar-refractivity contribution in [1.29, 1.82) is 0 Å². The lowest BCUT2D eigenvalue weighted by Crippen LogP contribution is -2.16. The largest absolute Gasteiger partial charge is 0.344 e. The Morgan fingerprint density at radius 1 is 1.07 bits per heavy atom. The maximum atomic E-state index is 13.0. The van der Waals surface area contributed by atoms with Crippen LogP contribution in [0.15, 0.2) is 11.2 Å². The number of sulfone groups is 1. The standard InChI is InChI=1S/C21H30N4O3S2/c1-14-11-19(15(2)24(14)18-9-10-30(27,28)13-18)20(26)12-29-21-23-22-16(3)25(21)17-7-5-4-6-8-17/h11,17-18H,4-10,12-13H2,1-3H3/t18-/m0/s1. The molecule has 0 radical (unpaired) electrons. The summed E-state index contributed by atoms with van der Waals surface area (Å²) in [5, 5.41) is 9.42. The molecule has 1 saturated carbocycles. The molecule has 2 aromatic rings. The summed E-state index contributed by atoms with van der Waals surface area (Å²) in [5.41, 5.74) is 2.50. The van der Waals surface area contributed by atoms with Gasteiger partial charge in [-0.15, -0.1) is 10.2 Å². The summed E-state index contributed by atoms with van der Waals surface area (Å²) in [6.07, 6.45) is 6.65. The molecule has 2 fully saturated rings. The number of aryl methyl sites for hydroxylation is 2. The molecule has 0 amide bonds. The summed E-state index contributed by atoms with van der Waals surface area (Å²) in [7, 11) is -2.98. The highest BCUT2D eigenvalue weighted by Crippen LogP contribution is 2.33. The third kappa shape index (κ3) is 4.23. The van der Waals surface area contributed by atoms with Crippen molar-refractivity contribution in [3.8, 4) is 0 Å². The van der Waals surface area contributed by atoms with E-state index in [4.69, 9.17) is 0 Å². The first-order valence-corrected chi connectivity index (χ1v) is 13.5. The molecule has 30 heavy (non-hydrogen) atoms. The number of Topliss-reactive ketones (excluding diaryl/α,β-unsaturated/α-hetero) is 1. The Morgan fingerprint density at radius 2 is 1.80 bits per heavy atom. The Kier molecular flexibility index (Phi) is 6.12. The van der Waals surface area contributed by atoms with Crippen molar-refractivity contribution in [2.45, 2.75) is 76.5 Å². The number of aromatic nitrogens is 4. The predicted molar refractivity (Wildman–Crippen MR) is 118 cm³/mol. The summed E-state index contributed by atoms with van der Waals surface area (Å²) in [6.45, 7) is 5.85. The summed E-state index contributed by atoms with van der Waals surface area (Å²) in [5.74, 6) is 1.66. The van der Waals surface area contributed by atoms with Gasteiger partial charge in [0.15, 0.2) is 20.8 Å². The van der Waals surface area contributed by atoms with Gasteiger partial charge in [-0.2, -0.15) is 0 Å². The zero-order valence-corrected chi connectivity index (χ0v) is 19.6. The van der Waals surface area contributed by atoms with Crippen molar-refractivity contribution in [2.24, 2.45) is 0 Å². The Labute approximate surface area is 182 Å². The quantitative estimate of drug-likeness (QED) is 0.491. The molecule has 1 aliphatic carbocycles. The third-order valence-electron chi connectivity index (χ3n) is 6.47. The SMILES string of the molecule is Cc1nnc(SCC(=O)c2cc(C)n([C@H]3CCS(=O)(=O)C3)c2C)n1C1CCCCC1. The summed E-state index contributed by atoms with van der Waals surface area (Å²) >= 11 is 1.45. The highest BCUT2D eigenvalue weighted by atomic mass is 32.2. The van der Waals surface area contributed by atoms with Crippen LogP contribution < -0.4 is 0 Å². The second-order valence-electron chi connectivity index (χ2n) is 8.62. The molecule has 164 valence electrons. The molecule has 1 aliphatic heterocycles. The molecule has 9 heteroatoms. The first-order valence-electron chi connectivity index (χ1n) is 10.7. The molecule has 3 heterocycles. The van der Waals surface area contributed by atoms with Gasteiger partial charge in [0.2, 0.25) is 0 Å². The maximum Gasteiger partial charge on any atom is 0.191 e. The molecular formula is C21H30N4O3S2. The molecule has 0 unspecified atom stereocenters. The molecule has 0 N–H and O–H groups in total. The van der Waals surface area contributed by atoms with E-state index in [1.807, 2.05) is 31.4 Å². The molecule has 0 bridgehead atoms.